The van der Waals surface area contributed by atoms with Gasteiger partial charge in [0.25, 0.3) is 5.91 Å². The lowest BCUT2D eigenvalue weighted by Gasteiger charge is -2.32. The van der Waals surface area contributed by atoms with Crippen molar-refractivity contribution in [2.24, 2.45) is 5.92 Å². The standard InChI is InChI=1S/C20H26FN3O3/c1-14-11-22-19(13-26-2)24(14)12-15-6-8-23(9-7-15)20(25)16-4-5-18(27-3)17(21)10-16/h4-5,10-11,15H,6-9,12-13H2,1-3H3. The van der Waals surface area contributed by atoms with Gasteiger partial charge in [0, 0.05) is 44.2 Å². The lowest BCUT2D eigenvalue weighted by atomic mass is 9.96. The number of hydrogen-bond donors (Lipinski definition) is 0. The van der Waals surface area contributed by atoms with Gasteiger partial charge in [-0.2, -0.15) is 0 Å². The van der Waals surface area contributed by atoms with E-state index in [1.165, 1.54) is 19.2 Å². The van der Waals surface area contributed by atoms with E-state index in [0.717, 1.165) is 30.9 Å². The van der Waals surface area contributed by atoms with Crippen molar-refractivity contribution in [3.05, 3.63) is 47.3 Å². The average Bonchev–Trinajstić information content (AvgIpc) is 3.02. The average molecular weight is 375 g/mol. The maximum absolute atomic E-state index is 13.9. The summed E-state index contributed by atoms with van der Waals surface area (Å²) in [6, 6.07) is 4.36. The van der Waals surface area contributed by atoms with Gasteiger partial charge in [-0.15, -0.1) is 0 Å². The minimum Gasteiger partial charge on any atom is -0.494 e. The summed E-state index contributed by atoms with van der Waals surface area (Å²) in [4.78, 5) is 18.9. The number of hydrogen-bond acceptors (Lipinski definition) is 4. The van der Waals surface area contributed by atoms with E-state index in [4.69, 9.17) is 9.47 Å². The van der Waals surface area contributed by atoms with Crippen LogP contribution in [-0.4, -0.2) is 47.7 Å². The third kappa shape index (κ3) is 4.30. The first-order valence-corrected chi connectivity index (χ1v) is 9.16. The maximum atomic E-state index is 13.9. The molecule has 1 aliphatic rings. The molecule has 0 spiro atoms. The van der Waals surface area contributed by atoms with Crippen molar-refractivity contribution in [2.75, 3.05) is 27.3 Å². The van der Waals surface area contributed by atoms with E-state index in [0.29, 0.717) is 31.2 Å². The largest absolute Gasteiger partial charge is 0.494 e. The molecule has 1 aliphatic heterocycles. The Morgan fingerprint density at radius 1 is 1.30 bits per heavy atom. The summed E-state index contributed by atoms with van der Waals surface area (Å²) >= 11 is 0. The lowest BCUT2D eigenvalue weighted by molar-refractivity contribution is 0.0680. The number of likely N-dealkylation sites (tertiary alicyclic amines) is 1. The fourth-order valence-corrected chi connectivity index (χ4v) is 3.56. The summed E-state index contributed by atoms with van der Waals surface area (Å²) < 4.78 is 26.2. The fraction of sp³-hybridized carbons (Fsp3) is 0.500. The molecule has 0 unspecified atom stereocenters. The Balaban J connectivity index is 1.59. The Kier molecular flexibility index (Phi) is 6.11. The highest BCUT2D eigenvalue weighted by Crippen LogP contribution is 2.24. The zero-order chi connectivity index (χ0) is 19.4. The van der Waals surface area contributed by atoms with E-state index in [1.807, 2.05) is 13.1 Å². The molecule has 0 bridgehead atoms. The Morgan fingerprint density at radius 3 is 2.67 bits per heavy atom. The summed E-state index contributed by atoms with van der Waals surface area (Å²) in [5.41, 5.74) is 1.48. The number of carbonyl (C=O) groups is 1. The number of imidazole rings is 1. The van der Waals surface area contributed by atoms with Gasteiger partial charge in [0.2, 0.25) is 0 Å². The Morgan fingerprint density at radius 2 is 2.04 bits per heavy atom. The number of halogens is 1. The van der Waals surface area contributed by atoms with Crippen LogP contribution in [0.1, 0.15) is 34.7 Å². The Hall–Kier alpha value is -2.41. The fourth-order valence-electron chi connectivity index (χ4n) is 3.56. The summed E-state index contributed by atoms with van der Waals surface area (Å²) in [5.74, 6) is 0.911. The molecule has 1 aromatic carbocycles. The number of aryl methyl sites for hydroxylation is 1. The Labute approximate surface area is 158 Å². The summed E-state index contributed by atoms with van der Waals surface area (Å²) in [7, 11) is 3.07. The smallest absolute Gasteiger partial charge is 0.253 e. The van der Waals surface area contributed by atoms with E-state index in [9.17, 15) is 9.18 Å². The van der Waals surface area contributed by atoms with Gasteiger partial charge in [-0.05, 0) is 43.9 Å². The van der Waals surface area contributed by atoms with Crippen LogP contribution < -0.4 is 4.74 Å². The molecule has 1 saturated heterocycles. The maximum Gasteiger partial charge on any atom is 0.253 e. The van der Waals surface area contributed by atoms with Crippen molar-refractivity contribution in [2.45, 2.75) is 32.9 Å². The topological polar surface area (TPSA) is 56.6 Å². The van der Waals surface area contributed by atoms with Crippen molar-refractivity contribution < 1.29 is 18.7 Å². The molecule has 0 atom stereocenters. The van der Waals surface area contributed by atoms with Crippen LogP contribution in [0.5, 0.6) is 5.75 Å². The predicted octanol–water partition coefficient (Wildman–Crippen LogP) is 3.04. The third-order valence-electron chi connectivity index (χ3n) is 5.15. The zero-order valence-electron chi connectivity index (χ0n) is 16.1. The van der Waals surface area contributed by atoms with Crippen LogP contribution in [0.4, 0.5) is 4.39 Å². The van der Waals surface area contributed by atoms with Crippen LogP contribution in [-0.2, 0) is 17.9 Å². The van der Waals surface area contributed by atoms with Crippen molar-refractivity contribution >= 4 is 5.91 Å². The number of methoxy groups -OCH3 is 2. The SMILES string of the molecule is COCc1ncc(C)n1CC1CCN(C(=O)c2ccc(OC)c(F)c2)CC1. The molecule has 0 N–H and O–H groups in total. The molecule has 146 valence electrons. The minimum absolute atomic E-state index is 0.131. The highest BCUT2D eigenvalue weighted by atomic mass is 19.1. The van der Waals surface area contributed by atoms with E-state index < -0.39 is 5.82 Å². The number of benzene rings is 1. The molecule has 2 heterocycles. The zero-order valence-corrected chi connectivity index (χ0v) is 16.1. The molecule has 0 aliphatic carbocycles. The van der Waals surface area contributed by atoms with E-state index in [2.05, 4.69) is 9.55 Å². The number of piperidine rings is 1. The second-order valence-corrected chi connectivity index (χ2v) is 6.94. The van der Waals surface area contributed by atoms with Crippen LogP contribution >= 0.6 is 0 Å². The van der Waals surface area contributed by atoms with Crippen molar-refractivity contribution in [3.8, 4) is 5.75 Å². The molecule has 1 fully saturated rings. The van der Waals surface area contributed by atoms with E-state index in [-0.39, 0.29) is 11.7 Å². The predicted molar refractivity (Wildman–Crippen MR) is 99.3 cm³/mol. The van der Waals surface area contributed by atoms with E-state index in [1.54, 1.807) is 18.1 Å². The van der Waals surface area contributed by atoms with Crippen LogP contribution in [0.15, 0.2) is 24.4 Å². The number of amides is 1. The molecule has 0 radical (unpaired) electrons. The molecule has 0 saturated carbocycles. The second kappa shape index (κ2) is 8.52. The van der Waals surface area contributed by atoms with Gasteiger partial charge in [0.15, 0.2) is 11.6 Å². The number of ether oxygens (including phenoxy) is 2. The lowest BCUT2D eigenvalue weighted by Crippen LogP contribution is -2.39. The van der Waals surface area contributed by atoms with Gasteiger partial charge in [-0.25, -0.2) is 9.37 Å². The normalized spacial score (nSPS) is 15.2. The van der Waals surface area contributed by atoms with Gasteiger partial charge in [0.05, 0.1) is 7.11 Å². The van der Waals surface area contributed by atoms with Crippen molar-refractivity contribution in [3.63, 3.8) is 0 Å². The first-order chi connectivity index (χ1) is 13.0. The van der Waals surface area contributed by atoms with Gasteiger partial charge in [0.1, 0.15) is 12.4 Å². The number of nitrogens with zero attached hydrogens (tertiary/aromatic N) is 3. The molecule has 2 aromatic rings. The van der Waals surface area contributed by atoms with Crippen LogP contribution in [0.2, 0.25) is 0 Å². The summed E-state index contributed by atoms with van der Waals surface area (Å²) in [5, 5.41) is 0. The number of rotatable bonds is 6. The highest BCUT2D eigenvalue weighted by Gasteiger charge is 2.25. The first kappa shape index (κ1) is 19.4. The molecule has 6 nitrogen and oxygen atoms in total. The summed E-state index contributed by atoms with van der Waals surface area (Å²) in [6.07, 6.45) is 3.69. The quantitative estimate of drug-likeness (QED) is 0.779. The molecule has 3 rings (SSSR count). The first-order valence-electron chi connectivity index (χ1n) is 9.16. The van der Waals surface area contributed by atoms with Gasteiger partial charge in [-0.1, -0.05) is 0 Å². The minimum atomic E-state index is -0.514. The van der Waals surface area contributed by atoms with Crippen molar-refractivity contribution in [1.29, 1.82) is 0 Å². The number of carbonyl (C=O) groups excluding carboxylic acids is 1. The van der Waals surface area contributed by atoms with E-state index >= 15 is 0 Å². The Bertz CT molecular complexity index is 798. The molecule has 1 aromatic heterocycles. The molecule has 27 heavy (non-hydrogen) atoms. The van der Waals surface area contributed by atoms with Gasteiger partial charge >= 0.3 is 0 Å². The molecular weight excluding hydrogens is 349 g/mol. The van der Waals surface area contributed by atoms with Gasteiger partial charge < -0.3 is 18.9 Å². The monoisotopic (exact) mass is 375 g/mol. The van der Waals surface area contributed by atoms with Gasteiger partial charge in [-0.3, -0.25) is 4.79 Å². The third-order valence-corrected chi connectivity index (χ3v) is 5.15. The molecule has 7 heteroatoms. The number of aromatic nitrogens is 2. The molecular formula is C20H26FN3O3. The van der Waals surface area contributed by atoms with Crippen molar-refractivity contribution in [1.82, 2.24) is 14.5 Å². The summed E-state index contributed by atoms with van der Waals surface area (Å²) in [6.45, 7) is 4.76. The molecule has 1 amide bonds. The van der Waals surface area contributed by atoms with Crippen LogP contribution in [0.3, 0.4) is 0 Å². The highest BCUT2D eigenvalue weighted by molar-refractivity contribution is 5.94. The van der Waals surface area contributed by atoms with Crippen LogP contribution in [0.25, 0.3) is 0 Å². The van der Waals surface area contributed by atoms with Crippen LogP contribution in [0, 0.1) is 18.7 Å². The second-order valence-electron chi connectivity index (χ2n) is 6.94.